The lowest BCUT2D eigenvalue weighted by atomic mass is 10.1. The van der Waals surface area contributed by atoms with Gasteiger partial charge in [-0.2, -0.15) is 0 Å². The molecule has 32 heavy (non-hydrogen) atoms. The topological polar surface area (TPSA) is 89.9 Å². The van der Waals surface area contributed by atoms with Crippen LogP contribution in [0.25, 0.3) is 0 Å². The third-order valence-electron chi connectivity index (χ3n) is 5.35. The lowest BCUT2D eigenvalue weighted by Crippen LogP contribution is -2.47. The van der Waals surface area contributed by atoms with Crippen LogP contribution in [0.1, 0.15) is 10.4 Å². The first-order chi connectivity index (χ1) is 15.3. The Morgan fingerprint density at radius 3 is 2.06 bits per heavy atom. The van der Waals surface area contributed by atoms with Crippen LogP contribution in [0.2, 0.25) is 0 Å². The van der Waals surface area contributed by atoms with Crippen molar-refractivity contribution in [3.8, 4) is 0 Å². The van der Waals surface area contributed by atoms with Gasteiger partial charge >= 0.3 is 5.97 Å². The van der Waals surface area contributed by atoms with Gasteiger partial charge in [-0.15, -0.1) is 0 Å². The molecule has 9 heteroatoms. The highest BCUT2D eigenvalue weighted by Gasteiger charge is 2.24. The van der Waals surface area contributed by atoms with Crippen molar-refractivity contribution in [2.24, 2.45) is 0 Å². The number of carboxylic acids is 1. The summed E-state index contributed by atoms with van der Waals surface area (Å²) in [6.07, 6.45) is 0. The Morgan fingerprint density at radius 1 is 0.844 bits per heavy atom. The molecule has 0 atom stereocenters. The van der Waals surface area contributed by atoms with E-state index in [0.717, 1.165) is 0 Å². The van der Waals surface area contributed by atoms with E-state index in [0.29, 0.717) is 37.6 Å². The van der Waals surface area contributed by atoms with Crippen molar-refractivity contribution < 1.29 is 22.7 Å². The molecular formula is C23H22FN3O4S. The summed E-state index contributed by atoms with van der Waals surface area (Å²) in [5.41, 5.74) is 1.26. The quantitative estimate of drug-likeness (QED) is 0.590. The van der Waals surface area contributed by atoms with Gasteiger partial charge in [0.2, 0.25) is 0 Å². The van der Waals surface area contributed by atoms with Crippen molar-refractivity contribution in [2.75, 3.05) is 40.7 Å². The maximum absolute atomic E-state index is 14.1. The van der Waals surface area contributed by atoms with Crippen molar-refractivity contribution in [2.45, 2.75) is 4.90 Å². The van der Waals surface area contributed by atoms with Crippen molar-refractivity contribution in [1.29, 1.82) is 0 Å². The van der Waals surface area contributed by atoms with Gasteiger partial charge in [-0.3, -0.25) is 4.72 Å². The zero-order valence-corrected chi connectivity index (χ0v) is 17.9. The molecule has 0 aliphatic carbocycles. The number of sulfonamides is 1. The van der Waals surface area contributed by atoms with Crippen LogP contribution in [-0.2, 0) is 10.0 Å². The van der Waals surface area contributed by atoms with E-state index >= 15 is 0 Å². The lowest BCUT2D eigenvalue weighted by Gasteiger charge is -2.38. The number of nitrogens with one attached hydrogen (secondary N) is 1. The number of aromatic carboxylic acids is 1. The number of hydrogen-bond donors (Lipinski definition) is 2. The standard InChI is InChI=1S/C23H22FN3O4S/c24-19-8-4-5-9-21(19)26-12-14-27(15-13-26)22-11-10-17(23(28)29)16-20(22)25-32(30,31)18-6-2-1-3-7-18/h1-11,16,25H,12-15H2,(H,28,29). The Bertz CT molecular complexity index is 1230. The molecule has 1 fully saturated rings. The van der Waals surface area contributed by atoms with Gasteiger partial charge in [0.25, 0.3) is 10.0 Å². The zero-order chi connectivity index (χ0) is 22.7. The van der Waals surface area contributed by atoms with Gasteiger partial charge in [0.05, 0.1) is 27.5 Å². The summed E-state index contributed by atoms with van der Waals surface area (Å²) in [6.45, 7) is 2.10. The average Bonchev–Trinajstić information content (AvgIpc) is 2.80. The van der Waals surface area contributed by atoms with E-state index in [2.05, 4.69) is 4.72 Å². The second kappa shape index (κ2) is 8.88. The molecule has 1 heterocycles. The van der Waals surface area contributed by atoms with Gasteiger partial charge in [0, 0.05) is 26.2 Å². The summed E-state index contributed by atoms with van der Waals surface area (Å²) in [7, 11) is -3.91. The van der Waals surface area contributed by atoms with Crippen LogP contribution < -0.4 is 14.5 Å². The third kappa shape index (κ3) is 4.52. The van der Waals surface area contributed by atoms with Crippen molar-refractivity contribution in [3.05, 3.63) is 84.2 Å². The Hall–Kier alpha value is -3.59. The highest BCUT2D eigenvalue weighted by atomic mass is 32.2. The number of carboxylic acid groups (broad SMARTS) is 1. The monoisotopic (exact) mass is 455 g/mol. The maximum Gasteiger partial charge on any atom is 0.335 e. The van der Waals surface area contributed by atoms with Gasteiger partial charge in [-0.1, -0.05) is 30.3 Å². The minimum atomic E-state index is -3.91. The molecule has 2 N–H and O–H groups in total. The molecule has 0 saturated carbocycles. The Kier molecular flexibility index (Phi) is 6.00. The smallest absolute Gasteiger partial charge is 0.335 e. The van der Waals surface area contributed by atoms with Crippen molar-refractivity contribution in [3.63, 3.8) is 0 Å². The minimum Gasteiger partial charge on any atom is -0.478 e. The third-order valence-corrected chi connectivity index (χ3v) is 6.74. The van der Waals surface area contributed by atoms with E-state index in [1.54, 1.807) is 42.5 Å². The number of hydrogen-bond acceptors (Lipinski definition) is 5. The Balaban J connectivity index is 1.60. The average molecular weight is 456 g/mol. The highest BCUT2D eigenvalue weighted by Crippen LogP contribution is 2.31. The lowest BCUT2D eigenvalue weighted by molar-refractivity contribution is 0.0697. The van der Waals surface area contributed by atoms with Crippen molar-refractivity contribution in [1.82, 2.24) is 0 Å². The first kappa shape index (κ1) is 21.6. The minimum absolute atomic E-state index is 0.0236. The fourth-order valence-electron chi connectivity index (χ4n) is 3.73. The number of halogens is 1. The Morgan fingerprint density at radius 2 is 1.44 bits per heavy atom. The molecule has 0 aromatic heterocycles. The van der Waals surface area contributed by atoms with Gasteiger partial charge in [0.15, 0.2) is 0 Å². The number of piperazine rings is 1. The van der Waals surface area contributed by atoms with Crippen LogP contribution in [0.5, 0.6) is 0 Å². The SMILES string of the molecule is O=C(O)c1ccc(N2CCN(c3ccccc3F)CC2)c(NS(=O)(=O)c2ccccc2)c1. The summed E-state index contributed by atoms with van der Waals surface area (Å²) < 4.78 is 42.4. The molecule has 3 aromatic rings. The number of para-hydroxylation sites is 1. The maximum atomic E-state index is 14.1. The van der Waals surface area contributed by atoms with E-state index in [-0.39, 0.29) is 22.0 Å². The summed E-state index contributed by atoms with van der Waals surface area (Å²) in [4.78, 5) is 15.5. The molecule has 0 bridgehead atoms. The normalized spacial score (nSPS) is 14.3. The van der Waals surface area contributed by atoms with Crippen LogP contribution in [0.3, 0.4) is 0 Å². The molecule has 0 amide bonds. The van der Waals surface area contributed by atoms with E-state index in [4.69, 9.17) is 0 Å². The summed E-state index contributed by atoms with van der Waals surface area (Å²) in [5.74, 6) is -1.44. The van der Waals surface area contributed by atoms with E-state index in [1.807, 2.05) is 9.80 Å². The van der Waals surface area contributed by atoms with Crippen LogP contribution in [0, 0.1) is 5.82 Å². The molecule has 166 valence electrons. The van der Waals surface area contributed by atoms with Gasteiger partial charge < -0.3 is 14.9 Å². The predicted molar refractivity (Wildman–Crippen MR) is 121 cm³/mol. The highest BCUT2D eigenvalue weighted by molar-refractivity contribution is 7.92. The van der Waals surface area contributed by atoms with Gasteiger partial charge in [-0.25, -0.2) is 17.6 Å². The van der Waals surface area contributed by atoms with Crippen LogP contribution in [0.15, 0.2) is 77.7 Å². The fraction of sp³-hybridized carbons (Fsp3) is 0.174. The van der Waals surface area contributed by atoms with E-state index < -0.39 is 16.0 Å². The first-order valence-corrected chi connectivity index (χ1v) is 11.5. The molecule has 0 spiro atoms. The summed E-state index contributed by atoms with van der Waals surface area (Å²) in [6, 6.07) is 18.8. The second-order valence-corrected chi connectivity index (χ2v) is 9.06. The molecule has 0 radical (unpaired) electrons. The van der Waals surface area contributed by atoms with Crippen molar-refractivity contribution >= 4 is 33.1 Å². The van der Waals surface area contributed by atoms with Crippen LogP contribution in [-0.4, -0.2) is 45.7 Å². The predicted octanol–water partition coefficient (Wildman–Crippen LogP) is 3.65. The van der Waals surface area contributed by atoms with Crippen LogP contribution in [0.4, 0.5) is 21.5 Å². The van der Waals surface area contributed by atoms with E-state index in [1.165, 1.54) is 30.3 Å². The molecule has 1 saturated heterocycles. The summed E-state index contributed by atoms with van der Waals surface area (Å²) >= 11 is 0. The van der Waals surface area contributed by atoms with E-state index in [9.17, 15) is 22.7 Å². The number of rotatable bonds is 6. The molecule has 1 aliphatic rings. The largest absolute Gasteiger partial charge is 0.478 e. The molecule has 4 rings (SSSR count). The number of carbonyl (C=O) groups is 1. The Labute approximate surface area is 185 Å². The zero-order valence-electron chi connectivity index (χ0n) is 17.1. The molecule has 3 aromatic carbocycles. The molecular weight excluding hydrogens is 433 g/mol. The van der Waals surface area contributed by atoms with Crippen LogP contribution >= 0.6 is 0 Å². The van der Waals surface area contributed by atoms with Gasteiger partial charge in [-0.05, 0) is 42.5 Å². The number of benzene rings is 3. The van der Waals surface area contributed by atoms with Gasteiger partial charge in [0.1, 0.15) is 5.82 Å². The molecule has 1 aliphatic heterocycles. The summed E-state index contributed by atoms with van der Waals surface area (Å²) in [5, 5.41) is 9.38. The molecule has 7 nitrogen and oxygen atoms in total. The number of anilines is 3. The molecule has 0 unspecified atom stereocenters. The number of nitrogens with zero attached hydrogens (tertiary/aromatic N) is 2. The first-order valence-electron chi connectivity index (χ1n) is 10.0. The second-order valence-electron chi connectivity index (χ2n) is 7.38. The fourth-order valence-corrected chi connectivity index (χ4v) is 4.81.